The summed E-state index contributed by atoms with van der Waals surface area (Å²) in [7, 11) is 0. The largest absolute Gasteiger partial charge is 0.417 e. The second kappa shape index (κ2) is 7.22. The van der Waals surface area contributed by atoms with Gasteiger partial charge in [0.15, 0.2) is 0 Å². The third kappa shape index (κ3) is 4.56. The van der Waals surface area contributed by atoms with Crippen LogP contribution in [-0.4, -0.2) is 40.8 Å². The van der Waals surface area contributed by atoms with Crippen molar-refractivity contribution in [2.75, 3.05) is 24.6 Å². The minimum Gasteiger partial charge on any atom is -0.375 e. The van der Waals surface area contributed by atoms with Crippen molar-refractivity contribution in [1.29, 1.82) is 0 Å². The molecule has 0 bridgehead atoms. The molecule has 0 amide bonds. The molecule has 1 aliphatic heterocycles. The van der Waals surface area contributed by atoms with Crippen molar-refractivity contribution in [2.45, 2.75) is 25.1 Å². The number of halogens is 3. The van der Waals surface area contributed by atoms with E-state index in [0.717, 1.165) is 12.3 Å². The Balaban J connectivity index is 1.60. The van der Waals surface area contributed by atoms with E-state index in [0.29, 0.717) is 44.0 Å². The van der Waals surface area contributed by atoms with Crippen LogP contribution < -0.4 is 10.5 Å². The van der Waals surface area contributed by atoms with E-state index >= 15 is 0 Å². The van der Waals surface area contributed by atoms with Crippen LogP contribution in [-0.2, 0) is 17.3 Å². The molecule has 1 N–H and O–H groups in total. The van der Waals surface area contributed by atoms with Crippen LogP contribution in [0.25, 0.3) is 0 Å². The monoisotopic (exact) mass is 354 g/mol. The lowest BCUT2D eigenvalue weighted by Gasteiger charge is -2.33. The lowest BCUT2D eigenvalue weighted by molar-refractivity contribution is -0.137. The predicted octanol–water partition coefficient (Wildman–Crippen LogP) is 2.02. The van der Waals surface area contributed by atoms with Gasteiger partial charge in [0.1, 0.15) is 5.82 Å². The molecule has 1 fully saturated rings. The summed E-state index contributed by atoms with van der Waals surface area (Å²) in [5, 5.41) is 0. The Kier molecular flexibility index (Phi) is 5.03. The number of hydrogen-bond donors (Lipinski definition) is 1. The molecule has 134 valence electrons. The van der Waals surface area contributed by atoms with Gasteiger partial charge in [0.25, 0.3) is 5.56 Å². The first-order valence-electron chi connectivity index (χ1n) is 7.85. The van der Waals surface area contributed by atoms with E-state index < -0.39 is 11.7 Å². The van der Waals surface area contributed by atoms with E-state index in [9.17, 15) is 18.0 Å². The maximum atomic E-state index is 12.6. The number of alkyl halides is 3. The number of aromatic amines is 1. The zero-order valence-electron chi connectivity index (χ0n) is 13.3. The van der Waals surface area contributed by atoms with Gasteiger partial charge in [0, 0.05) is 31.0 Å². The summed E-state index contributed by atoms with van der Waals surface area (Å²) in [6.45, 7) is 1.57. The van der Waals surface area contributed by atoms with Gasteiger partial charge in [-0.3, -0.25) is 4.79 Å². The number of aromatic nitrogens is 3. The SMILES string of the molecule is O=c1cc(CC[C@H]2CN(c3ccc(C(F)(F)F)cn3)CCO2)nc[nH]1. The molecule has 6 nitrogen and oxygen atoms in total. The zero-order chi connectivity index (χ0) is 17.9. The maximum Gasteiger partial charge on any atom is 0.417 e. The number of aryl methyl sites for hydroxylation is 1. The average Bonchev–Trinajstić information content (AvgIpc) is 2.60. The van der Waals surface area contributed by atoms with E-state index in [4.69, 9.17) is 4.74 Å². The first-order valence-corrected chi connectivity index (χ1v) is 7.85. The number of ether oxygens (including phenoxy) is 1. The molecule has 0 aliphatic carbocycles. The van der Waals surface area contributed by atoms with Gasteiger partial charge in [0.2, 0.25) is 0 Å². The van der Waals surface area contributed by atoms with Crippen molar-refractivity contribution >= 4 is 5.82 Å². The van der Waals surface area contributed by atoms with Crippen molar-refractivity contribution in [3.8, 4) is 0 Å². The minimum absolute atomic E-state index is 0.0982. The average molecular weight is 354 g/mol. The highest BCUT2D eigenvalue weighted by Crippen LogP contribution is 2.29. The summed E-state index contributed by atoms with van der Waals surface area (Å²) in [6.07, 6.45) is -1.03. The van der Waals surface area contributed by atoms with Crippen LogP contribution in [0.15, 0.2) is 35.5 Å². The molecule has 0 aromatic carbocycles. The van der Waals surface area contributed by atoms with Crippen LogP contribution in [0.3, 0.4) is 0 Å². The Morgan fingerprint density at radius 3 is 2.84 bits per heavy atom. The lowest BCUT2D eigenvalue weighted by atomic mass is 10.1. The number of rotatable bonds is 4. The van der Waals surface area contributed by atoms with Crippen molar-refractivity contribution in [3.05, 3.63) is 52.3 Å². The minimum atomic E-state index is -4.39. The van der Waals surface area contributed by atoms with Gasteiger partial charge in [-0.05, 0) is 25.0 Å². The summed E-state index contributed by atoms with van der Waals surface area (Å²) >= 11 is 0. The molecule has 3 heterocycles. The summed E-state index contributed by atoms with van der Waals surface area (Å²) in [5.74, 6) is 0.496. The highest BCUT2D eigenvalue weighted by atomic mass is 19.4. The van der Waals surface area contributed by atoms with Crippen molar-refractivity contribution < 1.29 is 17.9 Å². The zero-order valence-corrected chi connectivity index (χ0v) is 13.3. The van der Waals surface area contributed by atoms with E-state index in [1.165, 1.54) is 18.5 Å². The number of anilines is 1. The van der Waals surface area contributed by atoms with Crippen LogP contribution in [0, 0.1) is 0 Å². The second-order valence-corrected chi connectivity index (χ2v) is 5.78. The van der Waals surface area contributed by atoms with Gasteiger partial charge >= 0.3 is 6.18 Å². The van der Waals surface area contributed by atoms with Gasteiger partial charge in [0.05, 0.1) is 24.6 Å². The highest BCUT2D eigenvalue weighted by Gasteiger charge is 2.31. The lowest BCUT2D eigenvalue weighted by Crippen LogP contribution is -2.43. The number of morpholine rings is 1. The fourth-order valence-corrected chi connectivity index (χ4v) is 2.70. The van der Waals surface area contributed by atoms with Crippen LogP contribution >= 0.6 is 0 Å². The van der Waals surface area contributed by atoms with Gasteiger partial charge in [-0.15, -0.1) is 0 Å². The number of pyridine rings is 1. The van der Waals surface area contributed by atoms with Crippen LogP contribution in [0.4, 0.5) is 19.0 Å². The second-order valence-electron chi connectivity index (χ2n) is 5.78. The normalized spacial score (nSPS) is 18.4. The molecule has 1 atom stereocenters. The summed E-state index contributed by atoms with van der Waals surface area (Å²) in [4.78, 5) is 23.6. The molecular formula is C16H17F3N4O2. The molecule has 1 saturated heterocycles. The molecule has 2 aromatic rings. The van der Waals surface area contributed by atoms with E-state index in [1.807, 2.05) is 4.90 Å². The maximum absolute atomic E-state index is 12.6. The molecule has 1 aliphatic rings. The fourth-order valence-electron chi connectivity index (χ4n) is 2.70. The van der Waals surface area contributed by atoms with Gasteiger partial charge < -0.3 is 14.6 Å². The smallest absolute Gasteiger partial charge is 0.375 e. The van der Waals surface area contributed by atoms with E-state index in [-0.39, 0.29) is 11.7 Å². The molecule has 0 unspecified atom stereocenters. The van der Waals surface area contributed by atoms with Crippen LogP contribution in [0.1, 0.15) is 17.7 Å². The molecule has 25 heavy (non-hydrogen) atoms. The van der Waals surface area contributed by atoms with Crippen molar-refractivity contribution in [3.63, 3.8) is 0 Å². The Labute approximate surface area is 141 Å². The van der Waals surface area contributed by atoms with Crippen molar-refractivity contribution in [1.82, 2.24) is 15.0 Å². The number of H-pyrrole nitrogens is 1. The Bertz CT molecular complexity index is 761. The third-order valence-electron chi connectivity index (χ3n) is 4.00. The molecule has 9 heteroatoms. The summed E-state index contributed by atoms with van der Waals surface area (Å²) in [5.41, 5.74) is -0.288. The standard InChI is InChI=1S/C16H17F3N4O2/c17-16(18,19)11-1-4-14(20-8-11)23-5-6-25-13(9-23)3-2-12-7-15(24)22-10-21-12/h1,4,7-8,10,13H,2-3,5-6,9H2,(H,21,22,24)/t13-/m0/s1. The highest BCUT2D eigenvalue weighted by molar-refractivity contribution is 5.40. The van der Waals surface area contributed by atoms with Gasteiger partial charge in [-0.25, -0.2) is 9.97 Å². The topological polar surface area (TPSA) is 71.1 Å². The summed E-state index contributed by atoms with van der Waals surface area (Å²) < 4.78 is 43.5. The number of hydrogen-bond acceptors (Lipinski definition) is 5. The molecule has 0 saturated carbocycles. The number of nitrogens with zero attached hydrogens (tertiary/aromatic N) is 3. The first-order chi connectivity index (χ1) is 11.9. The quantitative estimate of drug-likeness (QED) is 0.910. The van der Waals surface area contributed by atoms with Crippen LogP contribution in [0.5, 0.6) is 0 Å². The molecule has 0 radical (unpaired) electrons. The fraction of sp³-hybridized carbons (Fsp3) is 0.438. The van der Waals surface area contributed by atoms with Gasteiger partial charge in [-0.2, -0.15) is 13.2 Å². The molecular weight excluding hydrogens is 337 g/mol. The van der Waals surface area contributed by atoms with Crippen LogP contribution in [0.2, 0.25) is 0 Å². The summed E-state index contributed by atoms with van der Waals surface area (Å²) in [6, 6.07) is 3.86. The Hall–Kier alpha value is -2.42. The molecule has 3 rings (SSSR count). The predicted molar refractivity (Wildman–Crippen MR) is 84.4 cm³/mol. The first kappa shape index (κ1) is 17.4. The number of nitrogens with one attached hydrogen (secondary N) is 1. The Morgan fingerprint density at radius 2 is 2.16 bits per heavy atom. The van der Waals surface area contributed by atoms with E-state index in [2.05, 4.69) is 15.0 Å². The van der Waals surface area contributed by atoms with Crippen molar-refractivity contribution in [2.24, 2.45) is 0 Å². The molecule has 0 spiro atoms. The third-order valence-corrected chi connectivity index (χ3v) is 4.00. The van der Waals surface area contributed by atoms with E-state index in [1.54, 1.807) is 0 Å². The molecule has 2 aromatic heterocycles. The van der Waals surface area contributed by atoms with Gasteiger partial charge in [-0.1, -0.05) is 0 Å². The Morgan fingerprint density at radius 1 is 1.32 bits per heavy atom.